The normalized spacial score (nSPS) is 11.2. The third-order valence-electron chi connectivity index (χ3n) is 2.08. The molecule has 0 aromatic carbocycles. The lowest BCUT2D eigenvalue weighted by atomic mass is 10.2. The number of carbonyl (C=O) groups excluding carboxylic acids is 1. The second-order valence-electron chi connectivity index (χ2n) is 4.83. The zero-order chi connectivity index (χ0) is 13.2. The van der Waals surface area contributed by atoms with Gasteiger partial charge in [0.2, 0.25) is 0 Å². The van der Waals surface area contributed by atoms with Gasteiger partial charge in [-0.3, -0.25) is 4.90 Å². The first-order valence-electron chi connectivity index (χ1n) is 5.29. The molecule has 17 heavy (non-hydrogen) atoms. The maximum absolute atomic E-state index is 11.8. The minimum atomic E-state index is -0.515. The maximum Gasteiger partial charge on any atom is 0.414 e. The zero-order valence-corrected chi connectivity index (χ0v) is 11.5. The van der Waals surface area contributed by atoms with Gasteiger partial charge < -0.3 is 4.74 Å². The number of hydrogen-bond donors (Lipinski definition) is 0. The Morgan fingerprint density at radius 3 is 2.53 bits per heavy atom. The summed E-state index contributed by atoms with van der Waals surface area (Å²) in [6, 6.07) is 1.71. The van der Waals surface area contributed by atoms with Gasteiger partial charge in [-0.25, -0.2) is 9.78 Å². The van der Waals surface area contributed by atoms with Gasteiger partial charge in [0, 0.05) is 7.05 Å². The maximum atomic E-state index is 11.8. The van der Waals surface area contributed by atoms with Gasteiger partial charge in [-0.1, -0.05) is 11.6 Å². The molecule has 0 atom stereocenters. The van der Waals surface area contributed by atoms with Crippen LogP contribution in [0.4, 0.5) is 10.5 Å². The Labute approximate surface area is 107 Å². The molecule has 0 aliphatic carbocycles. The Morgan fingerprint density at radius 2 is 2.06 bits per heavy atom. The molecule has 0 radical (unpaired) electrons. The SMILES string of the molecule is Cc1cc(Cl)ncc1N(C)C(=O)OC(C)(C)C. The predicted molar refractivity (Wildman–Crippen MR) is 68.6 cm³/mol. The molecule has 1 aromatic heterocycles. The molecule has 0 unspecified atom stereocenters. The van der Waals surface area contributed by atoms with Crippen molar-refractivity contribution in [2.75, 3.05) is 11.9 Å². The first-order chi connectivity index (χ1) is 7.70. The topological polar surface area (TPSA) is 42.4 Å². The number of pyridine rings is 1. The summed E-state index contributed by atoms with van der Waals surface area (Å²) < 4.78 is 5.27. The summed E-state index contributed by atoms with van der Waals surface area (Å²) in [4.78, 5) is 17.2. The van der Waals surface area contributed by atoms with Crippen LogP contribution in [0.15, 0.2) is 12.3 Å². The fourth-order valence-corrected chi connectivity index (χ4v) is 1.51. The number of nitrogens with zero attached hydrogens (tertiary/aromatic N) is 2. The molecule has 0 aliphatic rings. The number of aryl methyl sites for hydroxylation is 1. The van der Waals surface area contributed by atoms with Gasteiger partial charge in [0.25, 0.3) is 0 Å². The summed E-state index contributed by atoms with van der Waals surface area (Å²) in [6.45, 7) is 7.34. The summed E-state index contributed by atoms with van der Waals surface area (Å²) >= 11 is 5.76. The smallest absolute Gasteiger partial charge is 0.414 e. The Kier molecular flexibility index (Phi) is 3.98. The molecule has 0 fully saturated rings. The summed E-state index contributed by atoms with van der Waals surface area (Å²) in [5, 5.41) is 0.406. The number of amides is 1. The highest BCUT2D eigenvalue weighted by molar-refractivity contribution is 6.29. The van der Waals surface area contributed by atoms with E-state index in [1.54, 1.807) is 19.3 Å². The highest BCUT2D eigenvalue weighted by Gasteiger charge is 2.21. The van der Waals surface area contributed by atoms with E-state index in [9.17, 15) is 4.79 Å². The molecular formula is C12H17ClN2O2. The highest BCUT2D eigenvalue weighted by atomic mass is 35.5. The molecule has 5 heteroatoms. The van der Waals surface area contributed by atoms with E-state index in [0.29, 0.717) is 10.8 Å². The van der Waals surface area contributed by atoms with E-state index in [4.69, 9.17) is 16.3 Å². The number of rotatable bonds is 1. The van der Waals surface area contributed by atoms with Crippen molar-refractivity contribution in [2.24, 2.45) is 0 Å². The minimum absolute atomic E-state index is 0.406. The van der Waals surface area contributed by atoms with Gasteiger partial charge in [0.15, 0.2) is 0 Å². The summed E-state index contributed by atoms with van der Waals surface area (Å²) in [5.74, 6) is 0. The molecule has 0 aliphatic heterocycles. The molecule has 0 saturated carbocycles. The van der Waals surface area contributed by atoms with Gasteiger partial charge in [0.05, 0.1) is 11.9 Å². The minimum Gasteiger partial charge on any atom is -0.443 e. The zero-order valence-electron chi connectivity index (χ0n) is 10.7. The second kappa shape index (κ2) is 4.92. The third-order valence-corrected chi connectivity index (χ3v) is 2.29. The first-order valence-corrected chi connectivity index (χ1v) is 5.67. The van der Waals surface area contributed by atoms with E-state index >= 15 is 0 Å². The van der Waals surface area contributed by atoms with Crippen LogP contribution in [0.3, 0.4) is 0 Å². The number of halogens is 1. The highest BCUT2D eigenvalue weighted by Crippen LogP contribution is 2.22. The van der Waals surface area contributed by atoms with Crippen molar-refractivity contribution in [3.8, 4) is 0 Å². The van der Waals surface area contributed by atoms with Gasteiger partial charge in [0.1, 0.15) is 10.8 Å². The van der Waals surface area contributed by atoms with Crippen LogP contribution in [0.2, 0.25) is 5.15 Å². The summed E-state index contributed by atoms with van der Waals surface area (Å²) in [7, 11) is 1.64. The number of anilines is 1. The third kappa shape index (κ3) is 3.89. The van der Waals surface area contributed by atoms with E-state index < -0.39 is 11.7 Å². The number of ether oxygens (including phenoxy) is 1. The molecule has 94 valence electrons. The second-order valence-corrected chi connectivity index (χ2v) is 5.22. The van der Waals surface area contributed by atoms with Crippen molar-refractivity contribution >= 4 is 23.4 Å². The van der Waals surface area contributed by atoms with E-state index in [2.05, 4.69) is 4.98 Å². The summed E-state index contributed by atoms with van der Waals surface area (Å²) in [6.07, 6.45) is 1.14. The van der Waals surface area contributed by atoms with Crippen LogP contribution < -0.4 is 4.90 Å². The number of hydrogen-bond acceptors (Lipinski definition) is 3. The Hall–Kier alpha value is -1.29. The first kappa shape index (κ1) is 13.8. The molecule has 4 nitrogen and oxygen atoms in total. The van der Waals surface area contributed by atoms with Crippen LogP contribution in [0.5, 0.6) is 0 Å². The monoisotopic (exact) mass is 256 g/mol. The van der Waals surface area contributed by atoms with Crippen LogP contribution in [0.1, 0.15) is 26.3 Å². The van der Waals surface area contributed by atoms with Crippen molar-refractivity contribution in [1.82, 2.24) is 4.98 Å². The largest absolute Gasteiger partial charge is 0.443 e. The average molecular weight is 257 g/mol. The lowest BCUT2D eigenvalue weighted by Gasteiger charge is -2.25. The van der Waals surface area contributed by atoms with E-state index in [-0.39, 0.29) is 0 Å². The molecule has 1 heterocycles. The Bertz CT molecular complexity index is 427. The Morgan fingerprint density at radius 1 is 1.47 bits per heavy atom. The van der Waals surface area contributed by atoms with Crippen molar-refractivity contribution in [3.63, 3.8) is 0 Å². The van der Waals surface area contributed by atoms with Gasteiger partial charge in [-0.15, -0.1) is 0 Å². The molecule has 0 spiro atoms. The van der Waals surface area contributed by atoms with E-state index in [1.165, 1.54) is 4.90 Å². The van der Waals surface area contributed by atoms with Crippen LogP contribution in [0, 0.1) is 6.92 Å². The average Bonchev–Trinajstić information content (AvgIpc) is 2.14. The van der Waals surface area contributed by atoms with Crippen LogP contribution in [0.25, 0.3) is 0 Å². The predicted octanol–water partition coefficient (Wildman–Crippen LogP) is 3.41. The standard InChI is InChI=1S/C12H17ClN2O2/c1-8-6-10(13)14-7-9(8)15(5)11(16)17-12(2,3)4/h6-7H,1-5H3. The van der Waals surface area contributed by atoms with Crippen LogP contribution in [-0.2, 0) is 4.74 Å². The van der Waals surface area contributed by atoms with E-state index in [0.717, 1.165) is 5.56 Å². The molecule has 0 N–H and O–H groups in total. The van der Waals surface area contributed by atoms with Gasteiger partial charge >= 0.3 is 6.09 Å². The lowest BCUT2D eigenvalue weighted by molar-refractivity contribution is 0.0589. The van der Waals surface area contributed by atoms with Crippen molar-refractivity contribution in [1.29, 1.82) is 0 Å². The van der Waals surface area contributed by atoms with E-state index in [1.807, 2.05) is 27.7 Å². The molecule has 1 rings (SSSR count). The van der Waals surface area contributed by atoms with Crippen LogP contribution >= 0.6 is 11.6 Å². The van der Waals surface area contributed by atoms with Gasteiger partial charge in [-0.05, 0) is 39.3 Å². The molecule has 0 bridgehead atoms. The molecule has 1 aromatic rings. The quantitative estimate of drug-likeness (QED) is 0.723. The fraction of sp³-hybridized carbons (Fsp3) is 0.500. The van der Waals surface area contributed by atoms with Gasteiger partial charge in [-0.2, -0.15) is 0 Å². The Balaban J connectivity index is 2.89. The summed E-state index contributed by atoms with van der Waals surface area (Å²) in [5.41, 5.74) is 1.04. The van der Waals surface area contributed by atoms with Crippen LogP contribution in [-0.4, -0.2) is 23.7 Å². The number of aromatic nitrogens is 1. The lowest BCUT2D eigenvalue weighted by Crippen LogP contribution is -2.34. The fourth-order valence-electron chi connectivity index (χ4n) is 1.29. The molecular weight excluding hydrogens is 240 g/mol. The molecule has 0 saturated heterocycles. The molecule has 1 amide bonds. The van der Waals surface area contributed by atoms with Crippen molar-refractivity contribution in [2.45, 2.75) is 33.3 Å². The van der Waals surface area contributed by atoms with Crippen molar-refractivity contribution in [3.05, 3.63) is 23.0 Å². The van der Waals surface area contributed by atoms with Crippen molar-refractivity contribution < 1.29 is 9.53 Å². The number of carbonyl (C=O) groups is 1.